The number of aliphatic hydroxyl groups is 1. The highest BCUT2D eigenvalue weighted by molar-refractivity contribution is 6.32. The van der Waals surface area contributed by atoms with Gasteiger partial charge in [0.2, 0.25) is 0 Å². The number of hydrazine groups is 2. The molecular weight excluding hydrogens is 490 g/mol. The Kier molecular flexibility index (Phi) is 4.95. The number of guanidine groups is 1. The molecule has 10 heteroatoms. The van der Waals surface area contributed by atoms with Crippen LogP contribution in [0.2, 0.25) is 5.02 Å². The Morgan fingerprint density at radius 1 is 1.03 bits per heavy atom. The van der Waals surface area contributed by atoms with E-state index in [9.17, 15) is 5.11 Å². The monoisotopic (exact) mass is 511 g/mol. The molecule has 1 aromatic heterocycles. The average molecular weight is 512 g/mol. The highest BCUT2D eigenvalue weighted by Gasteiger charge is 2.39. The van der Waals surface area contributed by atoms with Crippen molar-refractivity contribution in [2.45, 2.75) is 18.8 Å². The van der Waals surface area contributed by atoms with Crippen LogP contribution in [-0.2, 0) is 30.6 Å². The molecule has 0 bridgehead atoms. The van der Waals surface area contributed by atoms with Gasteiger partial charge in [-0.2, -0.15) is 0 Å². The highest BCUT2D eigenvalue weighted by Crippen LogP contribution is 2.41. The van der Waals surface area contributed by atoms with E-state index < -0.39 is 5.60 Å². The Morgan fingerprint density at radius 2 is 1.86 bits per heavy atom. The van der Waals surface area contributed by atoms with Crippen molar-refractivity contribution in [3.63, 3.8) is 0 Å². The Bertz CT molecular complexity index is 1630. The van der Waals surface area contributed by atoms with Gasteiger partial charge >= 0.3 is 0 Å². The molecule has 0 saturated heterocycles. The summed E-state index contributed by atoms with van der Waals surface area (Å²) in [4.78, 5) is 9.13. The quantitative estimate of drug-likeness (QED) is 0.389. The zero-order chi connectivity index (χ0) is 25.1. The second-order valence-corrected chi connectivity index (χ2v) is 9.69. The van der Waals surface area contributed by atoms with E-state index in [1.54, 1.807) is 17.5 Å². The third-order valence-electron chi connectivity index (χ3n) is 7.06. The minimum absolute atomic E-state index is 0.482. The number of hydrazone groups is 1. The fraction of sp³-hybridized carbons (Fsp3) is 0.148. The first-order chi connectivity index (χ1) is 18.0. The minimum atomic E-state index is -1.48. The van der Waals surface area contributed by atoms with Crippen LogP contribution in [0.5, 0.6) is 0 Å². The topological polar surface area (TPSA) is 99.3 Å². The van der Waals surface area contributed by atoms with Crippen LogP contribution in [0.4, 0.5) is 5.69 Å². The number of aliphatic imine (C=N–C) groups is 1. The summed E-state index contributed by atoms with van der Waals surface area (Å²) in [7, 11) is 1.88. The molecule has 3 aromatic carbocycles. The minimum Gasteiger partial charge on any atom is -0.374 e. The molecule has 0 radical (unpaired) electrons. The second-order valence-electron chi connectivity index (χ2n) is 9.25. The number of aryl methyl sites for hydroxylation is 1. The molecule has 0 fully saturated rings. The second kappa shape index (κ2) is 8.25. The third-order valence-corrected chi connectivity index (χ3v) is 7.30. The van der Waals surface area contributed by atoms with Crippen LogP contribution in [-0.4, -0.2) is 26.3 Å². The van der Waals surface area contributed by atoms with Crippen molar-refractivity contribution < 1.29 is 9.84 Å². The van der Waals surface area contributed by atoms with Gasteiger partial charge in [0.15, 0.2) is 5.60 Å². The van der Waals surface area contributed by atoms with Crippen LogP contribution in [0.25, 0.3) is 0 Å². The van der Waals surface area contributed by atoms with E-state index in [1.807, 2.05) is 72.3 Å². The molecule has 0 saturated carbocycles. The lowest BCUT2D eigenvalue weighted by atomic mass is 9.81. The lowest BCUT2D eigenvalue weighted by molar-refractivity contribution is 0.117. The van der Waals surface area contributed by atoms with Crippen molar-refractivity contribution in [1.29, 1.82) is 0 Å². The van der Waals surface area contributed by atoms with Gasteiger partial charge < -0.3 is 14.4 Å². The van der Waals surface area contributed by atoms with Gasteiger partial charge in [0.05, 0.1) is 42.8 Å². The van der Waals surface area contributed by atoms with Gasteiger partial charge in [0, 0.05) is 23.2 Å². The Morgan fingerprint density at radius 3 is 2.70 bits per heavy atom. The Hall–Kier alpha value is -4.02. The number of nitrogens with zero attached hydrogens (tertiary/aromatic N) is 5. The molecule has 4 aromatic rings. The number of ether oxygens (including phenoxy) is 1. The Balaban J connectivity index is 1.45. The molecule has 1 atom stereocenters. The average Bonchev–Trinajstić information content (AvgIpc) is 3.67. The van der Waals surface area contributed by atoms with Crippen LogP contribution >= 0.6 is 11.6 Å². The third kappa shape index (κ3) is 3.40. The van der Waals surface area contributed by atoms with Gasteiger partial charge in [-0.3, -0.25) is 0 Å². The van der Waals surface area contributed by atoms with Crippen molar-refractivity contribution >= 4 is 29.0 Å². The normalized spacial score (nSPS) is 17.3. The summed E-state index contributed by atoms with van der Waals surface area (Å²) in [5.41, 5.74) is 11.8. The van der Waals surface area contributed by atoms with E-state index in [-0.39, 0.29) is 0 Å². The van der Waals surface area contributed by atoms with Crippen molar-refractivity contribution in [1.82, 2.24) is 20.6 Å². The first kappa shape index (κ1) is 22.2. The standard InChI is InChI=1S/C27H22ClN7O2/c1-34-15-29-12-24(34)27(36,19-6-5-17-13-37-14-18(17)9-19)20-7-8-23-22(11-20)25(16-3-2-4-21(28)10-16)30-26-31-32-33-35(23)26/h2-12,15,32-33,36H,13-14H2,1H3. The van der Waals surface area contributed by atoms with Crippen LogP contribution in [0, 0.1) is 0 Å². The van der Waals surface area contributed by atoms with Crippen LogP contribution < -0.4 is 16.1 Å². The summed E-state index contributed by atoms with van der Waals surface area (Å²) in [6, 6.07) is 19.4. The predicted molar refractivity (Wildman–Crippen MR) is 140 cm³/mol. The van der Waals surface area contributed by atoms with Crippen molar-refractivity contribution in [3.8, 4) is 0 Å². The molecule has 7 rings (SSSR count). The van der Waals surface area contributed by atoms with Gasteiger partial charge in [-0.05, 0) is 52.6 Å². The molecule has 3 N–H and O–H groups in total. The summed E-state index contributed by atoms with van der Waals surface area (Å²) >= 11 is 6.34. The molecule has 1 unspecified atom stereocenters. The van der Waals surface area contributed by atoms with E-state index in [4.69, 9.17) is 21.3 Å². The number of benzene rings is 3. The van der Waals surface area contributed by atoms with E-state index in [1.165, 1.54) is 0 Å². The van der Waals surface area contributed by atoms with Gasteiger partial charge in [-0.1, -0.05) is 41.9 Å². The summed E-state index contributed by atoms with van der Waals surface area (Å²) in [5.74, 6) is 0.482. The first-order valence-electron chi connectivity index (χ1n) is 11.8. The van der Waals surface area contributed by atoms with Crippen LogP contribution in [0.15, 0.2) is 83.3 Å². The van der Waals surface area contributed by atoms with E-state index >= 15 is 0 Å². The van der Waals surface area contributed by atoms with Crippen LogP contribution in [0.3, 0.4) is 0 Å². The molecule has 3 aliphatic heterocycles. The first-order valence-corrected chi connectivity index (χ1v) is 12.2. The van der Waals surface area contributed by atoms with Crippen molar-refractivity contribution in [2.75, 3.05) is 5.01 Å². The Labute approximate surface area is 217 Å². The number of hydrogen-bond donors (Lipinski definition) is 3. The maximum atomic E-state index is 12.6. The molecule has 0 aliphatic carbocycles. The lowest BCUT2D eigenvalue weighted by Crippen LogP contribution is -2.43. The molecule has 184 valence electrons. The summed E-state index contributed by atoms with van der Waals surface area (Å²) in [6.45, 7) is 1.11. The largest absolute Gasteiger partial charge is 0.374 e. The van der Waals surface area contributed by atoms with E-state index in [2.05, 4.69) is 21.2 Å². The molecule has 0 amide bonds. The van der Waals surface area contributed by atoms with Crippen molar-refractivity contribution in [2.24, 2.45) is 17.1 Å². The van der Waals surface area contributed by atoms with Crippen LogP contribution in [0.1, 0.15) is 39.1 Å². The summed E-state index contributed by atoms with van der Waals surface area (Å²) < 4.78 is 7.47. The number of imidazole rings is 1. The number of nitrogens with one attached hydrogen (secondary N) is 2. The lowest BCUT2D eigenvalue weighted by Gasteiger charge is -2.32. The summed E-state index contributed by atoms with van der Waals surface area (Å²) in [6.07, 6.45) is 3.39. The zero-order valence-corrected chi connectivity index (χ0v) is 20.6. The van der Waals surface area contributed by atoms with Gasteiger partial charge in [-0.25, -0.2) is 20.5 Å². The fourth-order valence-electron chi connectivity index (χ4n) is 5.20. The molecule has 9 nitrogen and oxygen atoms in total. The number of hydrogen-bond acceptors (Lipinski definition) is 8. The number of halogens is 1. The SMILES string of the molecule is Cn1cncc1C(O)(c1ccc2c(c1)COC2)c1ccc2c(c1)C(c1cccc(Cl)c1)=NC1=NNNN12. The highest BCUT2D eigenvalue weighted by atomic mass is 35.5. The molecule has 0 spiro atoms. The van der Waals surface area contributed by atoms with Gasteiger partial charge in [-0.15, -0.1) is 10.6 Å². The molecular formula is C27H22ClN7O2. The molecule has 37 heavy (non-hydrogen) atoms. The number of aromatic nitrogens is 2. The number of anilines is 1. The van der Waals surface area contributed by atoms with Crippen molar-refractivity contribution in [3.05, 3.63) is 117 Å². The van der Waals surface area contributed by atoms with Gasteiger partial charge in [0.25, 0.3) is 5.96 Å². The van der Waals surface area contributed by atoms with E-state index in [0.29, 0.717) is 41.2 Å². The zero-order valence-electron chi connectivity index (χ0n) is 19.8. The predicted octanol–water partition coefficient (Wildman–Crippen LogP) is 3.34. The molecule has 3 aliphatic rings. The number of rotatable bonds is 4. The van der Waals surface area contributed by atoms with E-state index in [0.717, 1.165) is 33.5 Å². The summed E-state index contributed by atoms with van der Waals surface area (Å²) in [5, 5.41) is 19.2. The maximum absolute atomic E-state index is 12.6. The van der Waals surface area contributed by atoms with Gasteiger partial charge in [0.1, 0.15) is 0 Å². The maximum Gasteiger partial charge on any atom is 0.265 e. The smallest absolute Gasteiger partial charge is 0.265 e. The molecule has 4 heterocycles. The fourth-order valence-corrected chi connectivity index (χ4v) is 5.39. The number of fused-ring (bicyclic) bond motifs is 4.